The maximum absolute atomic E-state index is 13.8. The average molecular weight is 1690 g/mol. The fourth-order valence-corrected chi connectivity index (χ4v) is 12.8. The van der Waals surface area contributed by atoms with Crippen molar-refractivity contribution in [1.29, 1.82) is 0 Å². The van der Waals surface area contributed by atoms with Gasteiger partial charge in [-0.15, -0.1) is 0 Å². The van der Waals surface area contributed by atoms with Crippen LogP contribution in [0.3, 0.4) is 0 Å². The quantitative estimate of drug-likeness (QED) is 0.0287. The molecule has 0 aliphatic carbocycles. The van der Waals surface area contributed by atoms with Crippen molar-refractivity contribution in [2.45, 2.75) is 301 Å². The molecule has 35 heteroatoms. The van der Waals surface area contributed by atoms with E-state index in [-0.39, 0.29) is 138 Å². The third kappa shape index (κ3) is 50.5. The first-order valence-electron chi connectivity index (χ1n) is 42.3. The molecule has 0 saturated carbocycles. The number of nitrogens with two attached hydrogens (primary N) is 2. The molecule has 0 heterocycles. The van der Waals surface area contributed by atoms with Gasteiger partial charge in [-0.25, -0.2) is 28.8 Å². The summed E-state index contributed by atoms with van der Waals surface area (Å²) in [5.74, 6) is -12.8. The van der Waals surface area contributed by atoms with Crippen LogP contribution in [0.15, 0.2) is 48.5 Å². The third-order valence-electron chi connectivity index (χ3n) is 20.3. The number of Topliss-reactive ketones (excluding diaryl/α,β-unsaturated/α-hetero) is 3. The van der Waals surface area contributed by atoms with Gasteiger partial charge in [0.15, 0.2) is 0 Å². The minimum Gasteiger partial charge on any atom is -0.494 e. The number of carboxylic acid groups (broad SMARTS) is 6. The van der Waals surface area contributed by atoms with E-state index in [1.54, 1.807) is 38.1 Å². The highest BCUT2D eigenvalue weighted by molar-refractivity contribution is 5.93. The first-order chi connectivity index (χ1) is 57.2. The number of amides is 8. The molecule has 2 aromatic rings. The molecule has 0 unspecified atom stereocenters. The van der Waals surface area contributed by atoms with E-state index in [4.69, 9.17) is 31.2 Å². The Bertz CT molecular complexity index is 3540. The summed E-state index contributed by atoms with van der Waals surface area (Å²) in [6.45, 7) is 6.75. The molecule has 2 aromatic carbocycles. The predicted octanol–water partition coefficient (Wildman–Crippen LogP) is 7.38. The van der Waals surface area contributed by atoms with Gasteiger partial charge in [0, 0.05) is 95.3 Å². The van der Waals surface area contributed by atoms with Gasteiger partial charge in [-0.3, -0.25) is 52.7 Å². The molecule has 672 valence electrons. The van der Waals surface area contributed by atoms with Crippen molar-refractivity contribution in [3.8, 4) is 11.5 Å². The van der Waals surface area contributed by atoms with Gasteiger partial charge in [-0.1, -0.05) is 90.9 Å². The Kier molecular flexibility index (Phi) is 55.2. The zero-order chi connectivity index (χ0) is 89.2. The summed E-state index contributed by atoms with van der Waals surface area (Å²) < 4.78 is 11.3. The lowest BCUT2D eigenvalue weighted by molar-refractivity contribution is -0.143. The van der Waals surface area contributed by atoms with Gasteiger partial charge in [-0.05, 0) is 171 Å². The smallest absolute Gasteiger partial charge is 0.335 e. The van der Waals surface area contributed by atoms with E-state index < -0.39 is 144 Å². The molecule has 0 saturated heterocycles. The number of nitrogens with one attached hydrogen (secondary N) is 8. The van der Waals surface area contributed by atoms with Crippen LogP contribution in [0.2, 0.25) is 0 Å². The van der Waals surface area contributed by atoms with Crippen LogP contribution in [0, 0.1) is 17.8 Å². The Hall–Kier alpha value is -10.5. The number of ether oxygens (including phenoxy) is 2. The maximum Gasteiger partial charge on any atom is 0.335 e. The first-order valence-corrected chi connectivity index (χ1v) is 42.3. The summed E-state index contributed by atoms with van der Waals surface area (Å²) >= 11 is 0. The zero-order valence-corrected chi connectivity index (χ0v) is 70.0. The highest BCUT2D eigenvalue weighted by atomic mass is 16.5. The number of aromatic carboxylic acids is 2. The van der Waals surface area contributed by atoms with E-state index in [2.05, 4.69) is 42.5 Å². The Morgan fingerprint density at radius 1 is 0.317 bits per heavy atom. The molecule has 35 nitrogen and oxygen atoms in total. The van der Waals surface area contributed by atoms with Gasteiger partial charge in [0.2, 0.25) is 47.3 Å². The lowest BCUT2D eigenvalue weighted by Gasteiger charge is -2.20. The number of hydrogen-bond donors (Lipinski definition) is 16. The highest BCUT2D eigenvalue weighted by Crippen LogP contribution is 2.25. The fourth-order valence-electron chi connectivity index (χ4n) is 12.8. The van der Waals surface area contributed by atoms with Crippen molar-refractivity contribution in [3.63, 3.8) is 0 Å². The van der Waals surface area contributed by atoms with Crippen LogP contribution >= 0.6 is 0 Å². The highest BCUT2D eigenvalue weighted by Gasteiger charge is 2.30. The molecular weight excluding hydrogens is 1560 g/mol. The van der Waals surface area contributed by atoms with Crippen molar-refractivity contribution in [3.05, 3.63) is 59.7 Å². The second-order valence-corrected chi connectivity index (χ2v) is 30.8. The van der Waals surface area contributed by atoms with Crippen molar-refractivity contribution in [2.75, 3.05) is 39.4 Å². The summed E-state index contributed by atoms with van der Waals surface area (Å²) in [5, 5.41) is 77.3. The largest absolute Gasteiger partial charge is 0.494 e. The standard InChI is InChI=1S/C85H132N10O25/c1-56(2)70(97)55-61(27-17-21-51-91-79(106)65(87)29-19-23-49-89-73(100)45-41-67(83(113)114)95-77(104)47-43-69(85(117)118)93-75(102)31-15-11-7-5-9-13-25-53-120-63-38-34-59(35-39-63)81(109)110)71(98)54-60(57(3)96)26-16-20-50-90-78(105)64(86)28-18-22-48-88-72(99)44-40-66(82(111)112)94-76(103)46-42-68(84(115)116)92-74(101)30-14-10-6-4-8-12-24-52-119-62-36-32-58(33-37-62)80(107)108/h32-39,56,60-61,64-69H,4-31,40-55,86-87H2,1-3H3,(H,88,99)(H,89,100)(H,90,105)(H,91,106)(H,92,101)(H,93,102)(H,94,103)(H,95,104)(H,107,108)(H,109,110)(H,111,112)(H,113,114)(H,115,116)(H,117,118)/t60-,61-,64+,65+,66+,67+,68+,69+/m1/s1. The number of carboxylic acids is 6. The fraction of sp³-hybridized carbons (Fsp3) is 0.659. The number of rotatable bonds is 73. The minimum atomic E-state index is -1.45. The number of aliphatic carboxylic acids is 4. The SMILES string of the molecule is CC(=O)[C@H](CCCCNC(=O)[C@@H](N)CCCCNC(=O)CC[C@H](NC(=O)CC[C@H](NC(=O)CCCCCCCCCOc1ccc(C(=O)O)cc1)C(=O)O)C(=O)O)CC(=O)[C@H](CCCCNC(=O)[C@@H](N)CCCCNC(=O)CC[C@H](NC(=O)CC[C@H](NC(=O)CCCCCCCCCOc1ccc(C(=O)O)cc1)C(=O)O)C(=O)O)CC(=O)C(C)C. The number of unbranched alkanes of at least 4 members (excludes halogenated alkanes) is 16. The van der Waals surface area contributed by atoms with Gasteiger partial charge in [0.05, 0.1) is 36.4 Å². The predicted molar refractivity (Wildman–Crippen MR) is 442 cm³/mol. The molecule has 8 amide bonds. The number of ketones is 3. The van der Waals surface area contributed by atoms with Gasteiger partial charge < -0.3 is 94.1 Å². The zero-order valence-electron chi connectivity index (χ0n) is 70.0. The first kappa shape index (κ1) is 106. The maximum atomic E-state index is 13.8. The molecule has 18 N–H and O–H groups in total. The van der Waals surface area contributed by atoms with E-state index in [0.29, 0.717) is 102 Å². The topological polar surface area (TPSA) is 578 Å². The third-order valence-corrected chi connectivity index (χ3v) is 20.3. The molecule has 0 aliphatic rings. The van der Waals surface area contributed by atoms with Crippen molar-refractivity contribution in [2.24, 2.45) is 29.2 Å². The van der Waals surface area contributed by atoms with Crippen LogP contribution in [0.4, 0.5) is 0 Å². The number of carbonyl (C=O) groups is 17. The van der Waals surface area contributed by atoms with E-state index in [1.807, 2.05) is 0 Å². The monoisotopic (exact) mass is 1690 g/mol. The van der Waals surface area contributed by atoms with Crippen LogP contribution in [-0.4, -0.2) is 207 Å². The lowest BCUT2D eigenvalue weighted by Crippen LogP contribution is -2.44. The van der Waals surface area contributed by atoms with Crippen LogP contribution < -0.4 is 63.5 Å². The molecule has 0 aromatic heterocycles. The van der Waals surface area contributed by atoms with Crippen LogP contribution in [-0.2, 0) is 71.9 Å². The Morgan fingerprint density at radius 3 is 0.917 bits per heavy atom. The molecule has 0 fully saturated rings. The molecule has 0 spiro atoms. The summed E-state index contributed by atoms with van der Waals surface area (Å²) in [6.07, 6.45) is 14.2. The minimum absolute atomic E-state index is 0.00284. The molecule has 8 atom stereocenters. The van der Waals surface area contributed by atoms with E-state index >= 15 is 0 Å². The second-order valence-electron chi connectivity index (χ2n) is 30.8. The van der Waals surface area contributed by atoms with Crippen molar-refractivity contribution in [1.82, 2.24) is 42.5 Å². The summed E-state index contributed by atoms with van der Waals surface area (Å²) in [7, 11) is 0. The van der Waals surface area contributed by atoms with Gasteiger partial charge in [0.1, 0.15) is 53.0 Å². The molecule has 0 bridgehead atoms. The molecule has 2 rings (SSSR count). The number of carbonyl (C=O) groups excluding carboxylic acids is 11. The molecular formula is C85H132N10O25. The van der Waals surface area contributed by atoms with Gasteiger partial charge in [0.25, 0.3) is 0 Å². The molecule has 120 heavy (non-hydrogen) atoms. The average Bonchev–Trinajstić information content (AvgIpc) is 0.923. The Balaban J connectivity index is 1.60. The van der Waals surface area contributed by atoms with Crippen LogP contribution in [0.5, 0.6) is 11.5 Å². The summed E-state index contributed by atoms with van der Waals surface area (Å²) in [4.78, 5) is 211. The van der Waals surface area contributed by atoms with Crippen LogP contribution in [0.25, 0.3) is 0 Å². The second kappa shape index (κ2) is 62.7. The lowest BCUT2D eigenvalue weighted by atomic mass is 9.83. The van der Waals surface area contributed by atoms with Crippen LogP contribution in [0.1, 0.15) is 285 Å². The van der Waals surface area contributed by atoms with Crippen molar-refractivity contribution < 1.29 is 122 Å². The van der Waals surface area contributed by atoms with Gasteiger partial charge in [-0.2, -0.15) is 0 Å². The summed E-state index contributed by atoms with van der Waals surface area (Å²) in [5.41, 5.74) is 12.6. The van der Waals surface area contributed by atoms with Crippen molar-refractivity contribution >= 4 is 100 Å². The normalized spacial score (nSPS) is 13.1. The van der Waals surface area contributed by atoms with E-state index in [1.165, 1.54) is 31.2 Å². The van der Waals surface area contributed by atoms with E-state index in [0.717, 1.165) is 77.0 Å². The van der Waals surface area contributed by atoms with Gasteiger partial charge >= 0.3 is 35.8 Å². The van der Waals surface area contributed by atoms with E-state index in [9.17, 15) is 102 Å². The Morgan fingerprint density at radius 2 is 0.600 bits per heavy atom. The number of hydrogen-bond acceptors (Lipinski definition) is 21. The Labute approximate surface area is 702 Å². The molecule has 0 radical (unpaired) electrons. The number of benzene rings is 2. The summed E-state index contributed by atoms with van der Waals surface area (Å²) in [6, 6.07) is 4.96. The molecule has 0 aliphatic heterocycles.